The number of thiophene rings is 1. The van der Waals surface area contributed by atoms with E-state index < -0.39 is 0 Å². The molecule has 0 aromatic carbocycles. The first kappa shape index (κ1) is 10.8. The Morgan fingerprint density at radius 2 is 2.27 bits per heavy atom. The summed E-state index contributed by atoms with van der Waals surface area (Å²) in [5.41, 5.74) is 0.903. The van der Waals surface area contributed by atoms with Crippen molar-refractivity contribution in [3.05, 3.63) is 21.4 Å². The molecule has 1 aromatic heterocycles. The SMILES string of the molecule is Cc1cc(C(=O)C2COC(C)C2)c(C)s1. The van der Waals surface area contributed by atoms with Gasteiger partial charge >= 0.3 is 0 Å². The van der Waals surface area contributed by atoms with Gasteiger partial charge in [0, 0.05) is 21.2 Å². The average molecular weight is 224 g/mol. The molecule has 1 saturated heterocycles. The zero-order chi connectivity index (χ0) is 11.0. The van der Waals surface area contributed by atoms with E-state index in [4.69, 9.17) is 4.74 Å². The standard InChI is InChI=1S/C12H16O2S/c1-7-4-10(6-14-7)12(13)11-5-8(2)15-9(11)3/h5,7,10H,4,6H2,1-3H3. The second kappa shape index (κ2) is 4.06. The highest BCUT2D eigenvalue weighted by Gasteiger charge is 2.30. The van der Waals surface area contributed by atoms with Crippen molar-refractivity contribution >= 4 is 17.1 Å². The van der Waals surface area contributed by atoms with E-state index in [2.05, 4.69) is 0 Å². The molecule has 0 aliphatic carbocycles. The summed E-state index contributed by atoms with van der Waals surface area (Å²) in [4.78, 5) is 14.5. The van der Waals surface area contributed by atoms with Gasteiger partial charge in [-0.25, -0.2) is 0 Å². The molecule has 1 aromatic rings. The maximum absolute atomic E-state index is 12.2. The maximum Gasteiger partial charge on any atom is 0.169 e. The van der Waals surface area contributed by atoms with Crippen LogP contribution in [-0.2, 0) is 4.74 Å². The van der Waals surface area contributed by atoms with Gasteiger partial charge in [0.2, 0.25) is 0 Å². The molecule has 2 rings (SSSR count). The summed E-state index contributed by atoms with van der Waals surface area (Å²) in [6, 6.07) is 2.01. The van der Waals surface area contributed by atoms with E-state index in [1.54, 1.807) is 11.3 Å². The molecule has 1 aliphatic heterocycles. The van der Waals surface area contributed by atoms with Gasteiger partial charge in [0.05, 0.1) is 12.7 Å². The number of ether oxygens (including phenoxy) is 1. The summed E-state index contributed by atoms with van der Waals surface area (Å²) in [6.45, 7) is 6.68. The molecule has 1 fully saturated rings. The predicted molar refractivity (Wildman–Crippen MR) is 61.6 cm³/mol. The lowest BCUT2D eigenvalue weighted by Crippen LogP contribution is -2.14. The minimum absolute atomic E-state index is 0.0766. The van der Waals surface area contributed by atoms with Crippen LogP contribution < -0.4 is 0 Å². The number of carbonyl (C=O) groups is 1. The van der Waals surface area contributed by atoms with Crippen LogP contribution in [0.2, 0.25) is 0 Å². The Bertz CT molecular complexity index is 381. The van der Waals surface area contributed by atoms with Crippen molar-refractivity contribution in [1.82, 2.24) is 0 Å². The smallest absolute Gasteiger partial charge is 0.169 e. The van der Waals surface area contributed by atoms with Crippen LogP contribution in [0, 0.1) is 19.8 Å². The summed E-state index contributed by atoms with van der Waals surface area (Å²) in [5.74, 6) is 0.342. The molecule has 2 nitrogen and oxygen atoms in total. The minimum atomic E-state index is 0.0766. The lowest BCUT2D eigenvalue weighted by Gasteiger charge is -2.05. The molecule has 3 heteroatoms. The van der Waals surface area contributed by atoms with Gasteiger partial charge in [0.25, 0.3) is 0 Å². The molecular weight excluding hydrogens is 208 g/mol. The van der Waals surface area contributed by atoms with Crippen molar-refractivity contribution in [3.63, 3.8) is 0 Å². The monoisotopic (exact) mass is 224 g/mol. The molecule has 2 atom stereocenters. The van der Waals surface area contributed by atoms with Gasteiger partial charge in [-0.05, 0) is 33.3 Å². The fourth-order valence-corrected chi connectivity index (χ4v) is 3.02. The predicted octanol–water partition coefficient (Wildman–Crippen LogP) is 2.97. The van der Waals surface area contributed by atoms with Crippen LogP contribution in [0.4, 0.5) is 0 Å². The van der Waals surface area contributed by atoms with E-state index in [0.717, 1.165) is 16.9 Å². The van der Waals surface area contributed by atoms with Crippen molar-refractivity contribution < 1.29 is 9.53 Å². The Balaban J connectivity index is 2.17. The second-order valence-corrected chi connectivity index (χ2v) is 5.73. The number of rotatable bonds is 2. The molecule has 1 aliphatic rings. The normalized spacial score (nSPS) is 25.8. The molecule has 0 saturated carbocycles. The van der Waals surface area contributed by atoms with Crippen molar-refractivity contribution in [2.45, 2.75) is 33.3 Å². The summed E-state index contributed by atoms with van der Waals surface area (Å²) in [5, 5.41) is 0. The molecule has 0 radical (unpaired) electrons. The Labute approximate surface area is 94.3 Å². The van der Waals surface area contributed by atoms with Crippen LogP contribution in [-0.4, -0.2) is 18.5 Å². The molecule has 0 spiro atoms. The van der Waals surface area contributed by atoms with Crippen molar-refractivity contribution in [2.75, 3.05) is 6.61 Å². The molecule has 0 N–H and O–H groups in total. The highest BCUT2D eigenvalue weighted by atomic mass is 32.1. The van der Waals surface area contributed by atoms with Crippen LogP contribution in [0.15, 0.2) is 6.07 Å². The maximum atomic E-state index is 12.2. The van der Waals surface area contributed by atoms with Crippen molar-refractivity contribution in [3.8, 4) is 0 Å². The molecule has 0 bridgehead atoms. The van der Waals surface area contributed by atoms with Gasteiger partial charge in [-0.1, -0.05) is 0 Å². The summed E-state index contributed by atoms with van der Waals surface area (Å²) in [7, 11) is 0. The first-order valence-corrected chi connectivity index (χ1v) is 6.12. The minimum Gasteiger partial charge on any atom is -0.378 e. The first-order valence-electron chi connectivity index (χ1n) is 5.30. The van der Waals surface area contributed by atoms with Crippen LogP contribution in [0.25, 0.3) is 0 Å². The largest absolute Gasteiger partial charge is 0.378 e. The molecule has 0 amide bonds. The Morgan fingerprint density at radius 3 is 2.73 bits per heavy atom. The fourth-order valence-electron chi connectivity index (χ4n) is 2.10. The second-order valence-electron chi connectivity index (χ2n) is 4.27. The average Bonchev–Trinajstić information content (AvgIpc) is 2.71. The van der Waals surface area contributed by atoms with Gasteiger partial charge in [-0.15, -0.1) is 11.3 Å². The van der Waals surface area contributed by atoms with Gasteiger partial charge in [0.1, 0.15) is 0 Å². The van der Waals surface area contributed by atoms with Gasteiger partial charge in [-0.2, -0.15) is 0 Å². The van der Waals surface area contributed by atoms with Crippen LogP contribution in [0.3, 0.4) is 0 Å². The third kappa shape index (κ3) is 2.13. The van der Waals surface area contributed by atoms with Crippen LogP contribution in [0.1, 0.15) is 33.5 Å². The highest BCUT2D eigenvalue weighted by Crippen LogP contribution is 2.28. The van der Waals surface area contributed by atoms with E-state index in [9.17, 15) is 4.79 Å². The molecular formula is C12H16O2S. The highest BCUT2D eigenvalue weighted by molar-refractivity contribution is 7.12. The molecule has 82 valence electrons. The topological polar surface area (TPSA) is 26.3 Å². The van der Waals surface area contributed by atoms with Crippen LogP contribution >= 0.6 is 11.3 Å². The number of carbonyl (C=O) groups excluding carboxylic acids is 1. The van der Waals surface area contributed by atoms with Gasteiger partial charge in [0.15, 0.2) is 5.78 Å². The van der Waals surface area contributed by atoms with Crippen LogP contribution in [0.5, 0.6) is 0 Å². The Morgan fingerprint density at radius 1 is 1.53 bits per heavy atom. The van der Waals surface area contributed by atoms with Crippen molar-refractivity contribution in [2.24, 2.45) is 5.92 Å². The van der Waals surface area contributed by atoms with E-state index in [1.165, 1.54) is 4.88 Å². The van der Waals surface area contributed by atoms with E-state index >= 15 is 0 Å². The zero-order valence-corrected chi connectivity index (χ0v) is 10.2. The number of hydrogen-bond acceptors (Lipinski definition) is 3. The lowest BCUT2D eigenvalue weighted by atomic mass is 9.96. The Hall–Kier alpha value is -0.670. The van der Waals surface area contributed by atoms with Gasteiger partial charge < -0.3 is 4.74 Å². The van der Waals surface area contributed by atoms with E-state index in [0.29, 0.717) is 6.61 Å². The quantitative estimate of drug-likeness (QED) is 0.722. The molecule has 2 heterocycles. The summed E-state index contributed by atoms with van der Waals surface area (Å²) >= 11 is 1.70. The molecule has 2 unspecified atom stereocenters. The van der Waals surface area contributed by atoms with Gasteiger partial charge in [-0.3, -0.25) is 4.79 Å². The number of hydrogen-bond donors (Lipinski definition) is 0. The third-order valence-corrected chi connectivity index (χ3v) is 3.84. The number of ketones is 1. The summed E-state index contributed by atoms with van der Waals surface area (Å²) in [6.07, 6.45) is 1.10. The summed E-state index contributed by atoms with van der Waals surface area (Å²) < 4.78 is 5.44. The Kier molecular flexibility index (Phi) is 2.94. The van der Waals surface area contributed by atoms with E-state index in [-0.39, 0.29) is 17.8 Å². The van der Waals surface area contributed by atoms with E-state index in [1.807, 2.05) is 26.8 Å². The number of Topliss-reactive ketones (excluding diaryl/α,β-unsaturated/α-hetero) is 1. The van der Waals surface area contributed by atoms with Crippen molar-refractivity contribution in [1.29, 1.82) is 0 Å². The molecule has 15 heavy (non-hydrogen) atoms. The number of aryl methyl sites for hydroxylation is 2. The third-order valence-electron chi connectivity index (χ3n) is 2.88. The first-order chi connectivity index (χ1) is 7.08. The zero-order valence-electron chi connectivity index (χ0n) is 9.37. The fraction of sp³-hybridized carbons (Fsp3) is 0.583. The lowest BCUT2D eigenvalue weighted by molar-refractivity contribution is 0.0877.